The number of aliphatic hydroxyl groups is 1. The SMILES string of the molecule is Cn1cc(C(C)(O)C2CCCCC2)cn1. The van der Waals surface area contributed by atoms with Crippen molar-refractivity contribution in [1.82, 2.24) is 9.78 Å². The summed E-state index contributed by atoms with van der Waals surface area (Å²) in [5.41, 5.74) is 0.256. The fraction of sp³-hybridized carbons (Fsp3) is 0.750. The zero-order valence-electron chi connectivity index (χ0n) is 9.61. The van der Waals surface area contributed by atoms with Crippen LogP contribution in [0.5, 0.6) is 0 Å². The number of hydrogen-bond donors (Lipinski definition) is 1. The van der Waals surface area contributed by atoms with E-state index in [1.165, 1.54) is 19.3 Å². The first-order valence-electron chi connectivity index (χ1n) is 5.82. The Labute approximate surface area is 91.1 Å². The molecule has 1 aliphatic rings. The predicted molar refractivity (Wildman–Crippen MR) is 59.4 cm³/mol. The maximum Gasteiger partial charge on any atom is 0.0926 e. The second kappa shape index (κ2) is 3.97. The van der Waals surface area contributed by atoms with Crippen LogP contribution in [0.3, 0.4) is 0 Å². The summed E-state index contributed by atoms with van der Waals surface area (Å²) >= 11 is 0. The molecule has 1 fully saturated rings. The van der Waals surface area contributed by atoms with Gasteiger partial charge < -0.3 is 5.11 Å². The molecule has 1 heterocycles. The summed E-state index contributed by atoms with van der Waals surface area (Å²) in [6, 6.07) is 0. The fourth-order valence-corrected chi connectivity index (χ4v) is 2.58. The van der Waals surface area contributed by atoms with E-state index >= 15 is 0 Å². The second-order valence-corrected chi connectivity index (χ2v) is 4.89. The second-order valence-electron chi connectivity index (χ2n) is 4.89. The topological polar surface area (TPSA) is 38.0 Å². The Morgan fingerprint density at radius 2 is 2.07 bits per heavy atom. The van der Waals surface area contributed by atoms with Gasteiger partial charge in [0.15, 0.2) is 0 Å². The van der Waals surface area contributed by atoms with Crippen LogP contribution in [0.4, 0.5) is 0 Å². The molecule has 15 heavy (non-hydrogen) atoms. The van der Waals surface area contributed by atoms with E-state index in [-0.39, 0.29) is 0 Å². The van der Waals surface area contributed by atoms with Crippen LogP contribution >= 0.6 is 0 Å². The molecule has 1 unspecified atom stereocenters. The van der Waals surface area contributed by atoms with Gasteiger partial charge in [0, 0.05) is 18.8 Å². The predicted octanol–water partition coefficient (Wildman–Crippen LogP) is 2.21. The minimum Gasteiger partial charge on any atom is -0.385 e. The summed E-state index contributed by atoms with van der Waals surface area (Å²) in [5, 5.41) is 14.7. The number of hydrogen-bond acceptors (Lipinski definition) is 2. The van der Waals surface area contributed by atoms with Crippen LogP contribution in [-0.4, -0.2) is 14.9 Å². The Morgan fingerprint density at radius 3 is 2.60 bits per heavy atom. The number of aryl methyl sites for hydroxylation is 1. The number of aromatic nitrogens is 2. The average Bonchev–Trinajstić information content (AvgIpc) is 2.67. The van der Waals surface area contributed by atoms with Crippen molar-refractivity contribution in [3.8, 4) is 0 Å². The normalized spacial score (nSPS) is 22.6. The first-order chi connectivity index (χ1) is 7.10. The van der Waals surface area contributed by atoms with Gasteiger partial charge in [-0.15, -0.1) is 0 Å². The van der Waals surface area contributed by atoms with E-state index in [0.717, 1.165) is 18.4 Å². The summed E-state index contributed by atoms with van der Waals surface area (Å²) < 4.78 is 1.76. The Hall–Kier alpha value is -0.830. The maximum atomic E-state index is 10.6. The lowest BCUT2D eigenvalue weighted by Crippen LogP contribution is -2.32. The molecule has 0 bridgehead atoms. The molecule has 1 aliphatic carbocycles. The van der Waals surface area contributed by atoms with E-state index in [2.05, 4.69) is 5.10 Å². The third-order valence-electron chi connectivity index (χ3n) is 3.69. The van der Waals surface area contributed by atoms with Crippen molar-refractivity contribution < 1.29 is 5.11 Å². The zero-order valence-corrected chi connectivity index (χ0v) is 9.61. The largest absolute Gasteiger partial charge is 0.385 e. The fourth-order valence-electron chi connectivity index (χ4n) is 2.58. The van der Waals surface area contributed by atoms with Crippen LogP contribution in [-0.2, 0) is 12.6 Å². The van der Waals surface area contributed by atoms with Gasteiger partial charge >= 0.3 is 0 Å². The summed E-state index contributed by atoms with van der Waals surface area (Å²) in [7, 11) is 1.89. The standard InChI is InChI=1S/C12H20N2O/c1-12(15,10-6-4-3-5-7-10)11-8-13-14(2)9-11/h8-10,15H,3-7H2,1-2H3. The molecule has 3 nitrogen and oxygen atoms in total. The molecule has 0 aliphatic heterocycles. The highest BCUT2D eigenvalue weighted by atomic mass is 16.3. The van der Waals surface area contributed by atoms with Crippen molar-refractivity contribution in [2.24, 2.45) is 13.0 Å². The lowest BCUT2D eigenvalue weighted by atomic mass is 9.75. The van der Waals surface area contributed by atoms with E-state index in [9.17, 15) is 5.11 Å². The molecule has 0 saturated heterocycles. The molecule has 0 aromatic carbocycles. The minimum atomic E-state index is -0.700. The lowest BCUT2D eigenvalue weighted by Gasteiger charge is -2.34. The quantitative estimate of drug-likeness (QED) is 0.809. The monoisotopic (exact) mass is 208 g/mol. The molecule has 1 aromatic rings. The highest BCUT2D eigenvalue weighted by Crippen LogP contribution is 2.38. The van der Waals surface area contributed by atoms with E-state index < -0.39 is 5.60 Å². The molecule has 1 atom stereocenters. The van der Waals surface area contributed by atoms with Crippen LogP contribution in [0.2, 0.25) is 0 Å². The van der Waals surface area contributed by atoms with Gasteiger partial charge in [0.05, 0.1) is 11.8 Å². The molecule has 1 saturated carbocycles. The van der Waals surface area contributed by atoms with Crippen molar-refractivity contribution in [3.63, 3.8) is 0 Å². The highest BCUT2D eigenvalue weighted by Gasteiger charge is 2.35. The van der Waals surface area contributed by atoms with Crippen molar-refractivity contribution in [3.05, 3.63) is 18.0 Å². The van der Waals surface area contributed by atoms with E-state index in [1.807, 2.05) is 20.2 Å². The summed E-state index contributed by atoms with van der Waals surface area (Å²) in [4.78, 5) is 0. The van der Waals surface area contributed by atoms with E-state index in [1.54, 1.807) is 10.9 Å². The Bertz CT molecular complexity index is 324. The third-order valence-corrected chi connectivity index (χ3v) is 3.69. The summed E-state index contributed by atoms with van der Waals surface area (Å²) in [6.07, 6.45) is 9.81. The molecule has 3 heteroatoms. The zero-order chi connectivity index (χ0) is 10.9. The van der Waals surface area contributed by atoms with Gasteiger partial charge in [-0.3, -0.25) is 4.68 Å². The van der Waals surface area contributed by atoms with Crippen LogP contribution < -0.4 is 0 Å². The van der Waals surface area contributed by atoms with Gasteiger partial charge in [-0.25, -0.2) is 0 Å². The summed E-state index contributed by atoms with van der Waals surface area (Å²) in [5.74, 6) is 0.399. The molecule has 1 aromatic heterocycles. The van der Waals surface area contributed by atoms with Crippen molar-refractivity contribution in [1.29, 1.82) is 0 Å². The Kier molecular flexibility index (Phi) is 2.83. The highest BCUT2D eigenvalue weighted by molar-refractivity contribution is 5.15. The lowest BCUT2D eigenvalue weighted by molar-refractivity contribution is -0.0215. The first kappa shape index (κ1) is 10.7. The van der Waals surface area contributed by atoms with Gasteiger partial charge in [-0.2, -0.15) is 5.10 Å². The Morgan fingerprint density at radius 1 is 1.40 bits per heavy atom. The van der Waals surface area contributed by atoms with Gasteiger partial charge in [-0.1, -0.05) is 19.3 Å². The number of nitrogens with zero attached hydrogens (tertiary/aromatic N) is 2. The molecule has 0 spiro atoms. The first-order valence-corrected chi connectivity index (χ1v) is 5.82. The Balaban J connectivity index is 2.17. The van der Waals surface area contributed by atoms with Crippen molar-refractivity contribution >= 4 is 0 Å². The van der Waals surface area contributed by atoms with Gasteiger partial charge in [0.1, 0.15) is 0 Å². The van der Waals surface area contributed by atoms with Gasteiger partial charge in [-0.05, 0) is 25.7 Å². The van der Waals surface area contributed by atoms with E-state index in [0.29, 0.717) is 5.92 Å². The molecule has 0 amide bonds. The average molecular weight is 208 g/mol. The van der Waals surface area contributed by atoms with Crippen molar-refractivity contribution in [2.45, 2.75) is 44.6 Å². The van der Waals surface area contributed by atoms with Gasteiger partial charge in [0.25, 0.3) is 0 Å². The smallest absolute Gasteiger partial charge is 0.0926 e. The van der Waals surface area contributed by atoms with Crippen LogP contribution in [0.1, 0.15) is 44.6 Å². The summed E-state index contributed by atoms with van der Waals surface area (Å²) in [6.45, 7) is 1.93. The molecule has 2 rings (SSSR count). The van der Waals surface area contributed by atoms with Crippen LogP contribution in [0, 0.1) is 5.92 Å². The number of rotatable bonds is 2. The van der Waals surface area contributed by atoms with Crippen LogP contribution in [0.25, 0.3) is 0 Å². The van der Waals surface area contributed by atoms with Gasteiger partial charge in [0.2, 0.25) is 0 Å². The molecule has 84 valence electrons. The van der Waals surface area contributed by atoms with Crippen molar-refractivity contribution in [2.75, 3.05) is 0 Å². The molecular weight excluding hydrogens is 188 g/mol. The molecular formula is C12H20N2O. The van der Waals surface area contributed by atoms with E-state index in [4.69, 9.17) is 0 Å². The third kappa shape index (κ3) is 2.07. The molecule has 0 radical (unpaired) electrons. The minimum absolute atomic E-state index is 0.399. The maximum absolute atomic E-state index is 10.6. The molecule has 1 N–H and O–H groups in total. The van der Waals surface area contributed by atoms with Crippen LogP contribution in [0.15, 0.2) is 12.4 Å².